The van der Waals surface area contributed by atoms with E-state index in [0.717, 1.165) is 18.8 Å². The first-order valence-corrected chi connectivity index (χ1v) is 5.48. The van der Waals surface area contributed by atoms with Crippen molar-refractivity contribution in [1.29, 1.82) is 0 Å². The third-order valence-electron chi connectivity index (χ3n) is 3.06. The van der Waals surface area contributed by atoms with Crippen molar-refractivity contribution in [1.82, 2.24) is 9.78 Å². The van der Waals surface area contributed by atoms with Crippen molar-refractivity contribution >= 4 is 0 Å². The minimum atomic E-state index is 0.343. The zero-order chi connectivity index (χ0) is 10.1. The highest BCUT2D eigenvalue weighted by atomic mass is 15.3. The van der Waals surface area contributed by atoms with Crippen LogP contribution in [0.5, 0.6) is 0 Å². The Balaban J connectivity index is 2.03. The standard InChI is InChI=1S/C11H19N3/c1-3-9-6-10(14(2)13-9)7-11(12)8-4-5-8/h6,8,11H,3-5,7,12H2,1-2H3. The van der Waals surface area contributed by atoms with E-state index in [1.807, 2.05) is 11.7 Å². The second-order valence-corrected chi connectivity index (χ2v) is 4.31. The number of aromatic nitrogens is 2. The lowest BCUT2D eigenvalue weighted by atomic mass is 10.1. The van der Waals surface area contributed by atoms with Gasteiger partial charge in [0.2, 0.25) is 0 Å². The Hall–Kier alpha value is -0.830. The molecule has 1 fully saturated rings. The van der Waals surface area contributed by atoms with E-state index in [1.54, 1.807) is 0 Å². The lowest BCUT2D eigenvalue weighted by molar-refractivity contribution is 0.561. The fourth-order valence-corrected chi connectivity index (χ4v) is 1.87. The Morgan fingerprint density at radius 2 is 2.36 bits per heavy atom. The molecule has 0 amide bonds. The molecular weight excluding hydrogens is 174 g/mol. The van der Waals surface area contributed by atoms with Crippen LogP contribution in [0.1, 0.15) is 31.2 Å². The summed E-state index contributed by atoms with van der Waals surface area (Å²) < 4.78 is 1.97. The molecule has 3 heteroatoms. The van der Waals surface area contributed by atoms with E-state index in [2.05, 4.69) is 18.1 Å². The summed E-state index contributed by atoms with van der Waals surface area (Å²) in [5.41, 5.74) is 8.54. The van der Waals surface area contributed by atoms with E-state index in [1.165, 1.54) is 24.2 Å². The average molecular weight is 193 g/mol. The summed E-state index contributed by atoms with van der Waals surface area (Å²) in [5, 5.41) is 4.42. The van der Waals surface area contributed by atoms with Gasteiger partial charge in [-0.3, -0.25) is 4.68 Å². The third kappa shape index (κ3) is 1.98. The molecule has 0 saturated heterocycles. The van der Waals surface area contributed by atoms with Crippen molar-refractivity contribution in [3.05, 3.63) is 17.5 Å². The lowest BCUT2D eigenvalue weighted by Crippen LogP contribution is -2.26. The first kappa shape index (κ1) is 9.71. The van der Waals surface area contributed by atoms with Gasteiger partial charge in [0, 0.05) is 25.2 Å². The fraction of sp³-hybridized carbons (Fsp3) is 0.727. The number of hydrogen-bond donors (Lipinski definition) is 1. The molecule has 78 valence electrons. The molecule has 0 spiro atoms. The van der Waals surface area contributed by atoms with E-state index in [9.17, 15) is 0 Å². The average Bonchev–Trinajstić information content (AvgIpc) is 2.94. The van der Waals surface area contributed by atoms with E-state index in [4.69, 9.17) is 5.73 Å². The predicted molar refractivity (Wildman–Crippen MR) is 57.0 cm³/mol. The Bertz CT molecular complexity index is 312. The molecule has 1 atom stereocenters. The summed E-state index contributed by atoms with van der Waals surface area (Å²) in [4.78, 5) is 0. The molecule has 14 heavy (non-hydrogen) atoms. The minimum Gasteiger partial charge on any atom is -0.327 e. The number of nitrogens with zero attached hydrogens (tertiary/aromatic N) is 2. The van der Waals surface area contributed by atoms with Crippen molar-refractivity contribution in [2.75, 3.05) is 0 Å². The number of rotatable bonds is 4. The molecule has 0 aliphatic heterocycles. The normalized spacial score (nSPS) is 18.5. The molecule has 1 aliphatic rings. The van der Waals surface area contributed by atoms with Crippen molar-refractivity contribution in [3.63, 3.8) is 0 Å². The summed E-state index contributed by atoms with van der Waals surface area (Å²) >= 11 is 0. The molecule has 0 bridgehead atoms. The van der Waals surface area contributed by atoms with Crippen LogP contribution >= 0.6 is 0 Å². The zero-order valence-corrected chi connectivity index (χ0v) is 9.03. The van der Waals surface area contributed by atoms with Gasteiger partial charge in [0.25, 0.3) is 0 Å². The van der Waals surface area contributed by atoms with Crippen LogP contribution in [0.4, 0.5) is 0 Å². The van der Waals surface area contributed by atoms with Crippen LogP contribution in [0.15, 0.2) is 6.07 Å². The van der Waals surface area contributed by atoms with Gasteiger partial charge >= 0.3 is 0 Å². The highest BCUT2D eigenvalue weighted by Gasteiger charge is 2.28. The Kier molecular flexibility index (Phi) is 2.59. The quantitative estimate of drug-likeness (QED) is 0.782. The van der Waals surface area contributed by atoms with Crippen molar-refractivity contribution < 1.29 is 0 Å². The maximum Gasteiger partial charge on any atom is 0.0624 e. The molecule has 1 heterocycles. The van der Waals surface area contributed by atoms with Gasteiger partial charge in [0.15, 0.2) is 0 Å². The number of nitrogens with two attached hydrogens (primary N) is 1. The smallest absolute Gasteiger partial charge is 0.0624 e. The van der Waals surface area contributed by atoms with E-state index in [-0.39, 0.29) is 0 Å². The van der Waals surface area contributed by atoms with E-state index in [0.29, 0.717) is 6.04 Å². The van der Waals surface area contributed by atoms with Crippen molar-refractivity contribution in [3.8, 4) is 0 Å². The van der Waals surface area contributed by atoms with Gasteiger partial charge in [-0.2, -0.15) is 5.10 Å². The lowest BCUT2D eigenvalue weighted by Gasteiger charge is -2.09. The van der Waals surface area contributed by atoms with E-state index >= 15 is 0 Å². The van der Waals surface area contributed by atoms with Gasteiger partial charge in [-0.05, 0) is 31.2 Å². The SMILES string of the molecule is CCc1cc(CC(N)C2CC2)n(C)n1. The molecule has 0 radical (unpaired) electrons. The van der Waals surface area contributed by atoms with Gasteiger partial charge in [0.1, 0.15) is 0 Å². The maximum absolute atomic E-state index is 6.09. The largest absolute Gasteiger partial charge is 0.327 e. The maximum atomic E-state index is 6.09. The highest BCUT2D eigenvalue weighted by molar-refractivity contribution is 5.12. The first-order valence-electron chi connectivity index (χ1n) is 5.48. The van der Waals surface area contributed by atoms with Crippen LogP contribution in [0, 0.1) is 5.92 Å². The van der Waals surface area contributed by atoms with Gasteiger partial charge in [0.05, 0.1) is 5.69 Å². The number of aryl methyl sites for hydroxylation is 2. The Morgan fingerprint density at radius 3 is 2.86 bits per heavy atom. The molecule has 3 nitrogen and oxygen atoms in total. The van der Waals surface area contributed by atoms with Gasteiger partial charge in [-0.1, -0.05) is 6.92 Å². The molecule has 1 aromatic heterocycles. The Labute approximate surface area is 85.3 Å². The molecule has 1 aromatic rings. The second-order valence-electron chi connectivity index (χ2n) is 4.31. The molecule has 2 N–H and O–H groups in total. The number of hydrogen-bond acceptors (Lipinski definition) is 2. The summed E-state index contributed by atoms with van der Waals surface area (Å²) in [7, 11) is 2.01. The van der Waals surface area contributed by atoms with E-state index < -0.39 is 0 Å². The summed E-state index contributed by atoms with van der Waals surface area (Å²) in [5.74, 6) is 0.773. The van der Waals surface area contributed by atoms with Crippen molar-refractivity contribution in [2.45, 2.75) is 38.6 Å². The van der Waals surface area contributed by atoms with Crippen LogP contribution in [0.3, 0.4) is 0 Å². The third-order valence-corrected chi connectivity index (χ3v) is 3.06. The van der Waals surface area contributed by atoms with Crippen LogP contribution in [0.2, 0.25) is 0 Å². The Morgan fingerprint density at radius 1 is 1.64 bits per heavy atom. The zero-order valence-electron chi connectivity index (χ0n) is 9.03. The minimum absolute atomic E-state index is 0.343. The molecule has 1 saturated carbocycles. The highest BCUT2D eigenvalue weighted by Crippen LogP contribution is 2.32. The molecule has 0 aromatic carbocycles. The summed E-state index contributed by atoms with van der Waals surface area (Å²) in [6.45, 7) is 2.13. The van der Waals surface area contributed by atoms with Gasteiger partial charge < -0.3 is 5.73 Å². The van der Waals surface area contributed by atoms with Gasteiger partial charge in [-0.25, -0.2) is 0 Å². The fourth-order valence-electron chi connectivity index (χ4n) is 1.87. The van der Waals surface area contributed by atoms with Crippen LogP contribution in [0.25, 0.3) is 0 Å². The molecule has 1 unspecified atom stereocenters. The first-order chi connectivity index (χ1) is 6.70. The molecule has 1 aliphatic carbocycles. The summed E-state index contributed by atoms with van der Waals surface area (Å²) in [6.07, 6.45) is 4.62. The summed E-state index contributed by atoms with van der Waals surface area (Å²) in [6, 6.07) is 2.53. The molecular formula is C11H19N3. The van der Waals surface area contributed by atoms with Gasteiger partial charge in [-0.15, -0.1) is 0 Å². The monoisotopic (exact) mass is 193 g/mol. The second kappa shape index (κ2) is 3.73. The van der Waals surface area contributed by atoms with Crippen LogP contribution in [-0.2, 0) is 19.9 Å². The van der Waals surface area contributed by atoms with Crippen LogP contribution in [-0.4, -0.2) is 15.8 Å². The molecule has 2 rings (SSSR count). The van der Waals surface area contributed by atoms with Crippen molar-refractivity contribution in [2.24, 2.45) is 18.7 Å². The topological polar surface area (TPSA) is 43.8 Å². The van der Waals surface area contributed by atoms with Crippen LogP contribution < -0.4 is 5.73 Å². The predicted octanol–water partition coefficient (Wildman–Crippen LogP) is 1.26.